The van der Waals surface area contributed by atoms with Crippen molar-refractivity contribution in [1.29, 1.82) is 0 Å². The summed E-state index contributed by atoms with van der Waals surface area (Å²) in [6.07, 6.45) is 3.74. The van der Waals surface area contributed by atoms with Crippen LogP contribution < -0.4 is 5.73 Å². The van der Waals surface area contributed by atoms with E-state index in [1.807, 2.05) is 24.3 Å². The molecule has 0 bridgehead atoms. The number of carbonyl (C=O) groups is 1. The van der Waals surface area contributed by atoms with Gasteiger partial charge in [0.25, 0.3) is 0 Å². The largest absolute Gasteiger partial charge is 0.478 e. The summed E-state index contributed by atoms with van der Waals surface area (Å²) in [5.74, 6) is -0.876. The van der Waals surface area contributed by atoms with Crippen molar-refractivity contribution in [2.24, 2.45) is 5.73 Å². The van der Waals surface area contributed by atoms with E-state index < -0.39 is 5.97 Å². The molecular formula is C12H15NO2. The van der Waals surface area contributed by atoms with Crippen LogP contribution in [0.1, 0.15) is 27.0 Å². The molecule has 1 rings (SSSR count). The minimum absolute atomic E-state index is 0.389. The van der Waals surface area contributed by atoms with E-state index in [1.54, 1.807) is 13.8 Å². The van der Waals surface area contributed by atoms with Crippen molar-refractivity contribution in [1.82, 2.24) is 0 Å². The molecule has 3 heteroatoms. The molecule has 80 valence electrons. The van der Waals surface area contributed by atoms with Crippen LogP contribution >= 0.6 is 0 Å². The molecule has 0 aromatic heterocycles. The van der Waals surface area contributed by atoms with Gasteiger partial charge < -0.3 is 10.8 Å². The summed E-state index contributed by atoms with van der Waals surface area (Å²) in [6, 6.07) is 3.70. The molecule has 0 aliphatic rings. The molecule has 0 aliphatic heterocycles. The van der Waals surface area contributed by atoms with E-state index in [4.69, 9.17) is 10.8 Å². The number of carboxylic acids is 1. The summed E-state index contributed by atoms with van der Waals surface area (Å²) >= 11 is 0. The quantitative estimate of drug-likeness (QED) is 0.793. The molecule has 1 aromatic carbocycles. The van der Waals surface area contributed by atoms with Crippen LogP contribution in [0.2, 0.25) is 0 Å². The fourth-order valence-corrected chi connectivity index (χ4v) is 1.63. The van der Waals surface area contributed by atoms with Crippen LogP contribution in [0, 0.1) is 13.8 Å². The monoisotopic (exact) mass is 205 g/mol. The minimum Gasteiger partial charge on any atom is -0.478 e. The Morgan fingerprint density at radius 1 is 1.40 bits per heavy atom. The molecule has 0 fully saturated rings. The zero-order chi connectivity index (χ0) is 11.4. The van der Waals surface area contributed by atoms with Crippen LogP contribution in [0.3, 0.4) is 0 Å². The van der Waals surface area contributed by atoms with Crippen LogP contribution in [-0.4, -0.2) is 17.6 Å². The molecular weight excluding hydrogens is 190 g/mol. The third-order valence-corrected chi connectivity index (χ3v) is 2.22. The maximum absolute atomic E-state index is 10.9. The Bertz CT molecular complexity index is 385. The van der Waals surface area contributed by atoms with Crippen molar-refractivity contribution in [2.45, 2.75) is 13.8 Å². The predicted molar refractivity (Wildman–Crippen MR) is 61.0 cm³/mol. The van der Waals surface area contributed by atoms with Crippen molar-refractivity contribution >= 4 is 12.0 Å². The molecule has 0 saturated heterocycles. The number of nitrogens with two attached hydrogens (primary N) is 1. The first-order valence-corrected chi connectivity index (χ1v) is 4.77. The molecule has 0 radical (unpaired) electrons. The van der Waals surface area contributed by atoms with E-state index in [1.165, 1.54) is 0 Å². The molecule has 0 amide bonds. The Kier molecular flexibility index (Phi) is 3.63. The highest BCUT2D eigenvalue weighted by atomic mass is 16.4. The topological polar surface area (TPSA) is 63.3 Å². The Morgan fingerprint density at radius 3 is 2.33 bits per heavy atom. The summed E-state index contributed by atoms with van der Waals surface area (Å²) in [5.41, 5.74) is 8.28. The second-order valence-electron chi connectivity index (χ2n) is 3.47. The van der Waals surface area contributed by atoms with E-state index in [0.717, 1.165) is 16.7 Å². The van der Waals surface area contributed by atoms with Gasteiger partial charge in [-0.15, -0.1) is 0 Å². The van der Waals surface area contributed by atoms with Gasteiger partial charge in [-0.1, -0.05) is 24.3 Å². The van der Waals surface area contributed by atoms with Crippen molar-refractivity contribution in [3.8, 4) is 0 Å². The summed E-state index contributed by atoms with van der Waals surface area (Å²) < 4.78 is 0. The molecule has 0 heterocycles. The highest BCUT2D eigenvalue weighted by Gasteiger charge is 2.10. The second kappa shape index (κ2) is 4.75. The van der Waals surface area contributed by atoms with Gasteiger partial charge in [-0.25, -0.2) is 4.79 Å². The first-order valence-electron chi connectivity index (χ1n) is 4.77. The molecule has 3 N–H and O–H groups in total. The van der Waals surface area contributed by atoms with Crippen LogP contribution in [0.15, 0.2) is 18.2 Å². The number of rotatable bonds is 3. The Labute approximate surface area is 89.2 Å². The average Bonchev–Trinajstić information content (AvgIpc) is 2.12. The lowest BCUT2D eigenvalue weighted by molar-refractivity contribution is 0.0695. The molecule has 0 saturated carbocycles. The predicted octanol–water partition coefficient (Wildman–Crippen LogP) is 1.97. The maximum atomic E-state index is 10.9. The Morgan fingerprint density at radius 2 is 1.93 bits per heavy atom. The standard InChI is InChI=1S/C12H15NO2/c1-8-6-10(4-3-5-13)7-9(2)11(8)12(14)15/h3-4,6-7H,5,13H2,1-2H3,(H,14,15). The SMILES string of the molecule is Cc1cc(C=CCN)cc(C)c1C(=O)O. The van der Waals surface area contributed by atoms with Gasteiger partial charge in [-0.2, -0.15) is 0 Å². The zero-order valence-electron chi connectivity index (χ0n) is 8.95. The van der Waals surface area contributed by atoms with E-state index in [0.29, 0.717) is 12.1 Å². The average molecular weight is 205 g/mol. The zero-order valence-corrected chi connectivity index (χ0v) is 8.95. The van der Waals surface area contributed by atoms with Crippen molar-refractivity contribution in [2.75, 3.05) is 6.54 Å². The van der Waals surface area contributed by atoms with Gasteiger partial charge in [0, 0.05) is 6.54 Å². The summed E-state index contributed by atoms with van der Waals surface area (Å²) in [7, 11) is 0. The minimum atomic E-state index is -0.876. The van der Waals surface area contributed by atoms with Gasteiger partial charge >= 0.3 is 5.97 Å². The van der Waals surface area contributed by atoms with Gasteiger partial charge in [-0.05, 0) is 30.5 Å². The maximum Gasteiger partial charge on any atom is 0.336 e. The number of benzene rings is 1. The van der Waals surface area contributed by atoms with Gasteiger partial charge in [0.2, 0.25) is 0 Å². The van der Waals surface area contributed by atoms with Gasteiger partial charge in [0.15, 0.2) is 0 Å². The first-order chi connectivity index (χ1) is 7.06. The van der Waals surface area contributed by atoms with E-state index in [-0.39, 0.29) is 0 Å². The van der Waals surface area contributed by atoms with Crippen molar-refractivity contribution in [3.63, 3.8) is 0 Å². The van der Waals surface area contributed by atoms with Gasteiger partial charge in [-0.3, -0.25) is 0 Å². The lowest BCUT2D eigenvalue weighted by Crippen LogP contribution is -2.03. The molecule has 3 nitrogen and oxygen atoms in total. The van der Waals surface area contributed by atoms with Crippen LogP contribution in [0.4, 0.5) is 0 Å². The van der Waals surface area contributed by atoms with Gasteiger partial charge in [0.05, 0.1) is 5.56 Å². The summed E-state index contributed by atoms with van der Waals surface area (Å²) in [4.78, 5) is 10.9. The number of hydrogen-bond acceptors (Lipinski definition) is 2. The molecule has 0 unspecified atom stereocenters. The summed E-state index contributed by atoms with van der Waals surface area (Å²) in [6.45, 7) is 4.09. The van der Waals surface area contributed by atoms with E-state index in [9.17, 15) is 4.79 Å². The number of carboxylic acid groups (broad SMARTS) is 1. The number of hydrogen-bond donors (Lipinski definition) is 2. The first kappa shape index (κ1) is 11.5. The number of aromatic carboxylic acids is 1. The smallest absolute Gasteiger partial charge is 0.336 e. The fraction of sp³-hybridized carbons (Fsp3) is 0.250. The third kappa shape index (κ3) is 2.67. The van der Waals surface area contributed by atoms with Crippen LogP contribution in [0.5, 0.6) is 0 Å². The Balaban J connectivity index is 3.19. The van der Waals surface area contributed by atoms with E-state index >= 15 is 0 Å². The fourth-order valence-electron chi connectivity index (χ4n) is 1.63. The van der Waals surface area contributed by atoms with Crippen LogP contribution in [-0.2, 0) is 0 Å². The lowest BCUT2D eigenvalue weighted by atomic mass is 9.99. The molecule has 1 aromatic rings. The second-order valence-corrected chi connectivity index (χ2v) is 3.47. The summed E-state index contributed by atoms with van der Waals surface area (Å²) in [5, 5.41) is 8.98. The molecule has 0 aliphatic carbocycles. The van der Waals surface area contributed by atoms with Crippen molar-refractivity contribution in [3.05, 3.63) is 40.5 Å². The van der Waals surface area contributed by atoms with Crippen LogP contribution in [0.25, 0.3) is 6.08 Å². The lowest BCUT2D eigenvalue weighted by Gasteiger charge is -2.06. The normalized spacial score (nSPS) is 10.9. The number of aryl methyl sites for hydroxylation is 2. The van der Waals surface area contributed by atoms with Crippen molar-refractivity contribution < 1.29 is 9.90 Å². The molecule has 0 atom stereocenters. The highest BCUT2D eigenvalue weighted by Crippen LogP contribution is 2.17. The highest BCUT2D eigenvalue weighted by molar-refractivity contribution is 5.91. The Hall–Kier alpha value is -1.61. The van der Waals surface area contributed by atoms with Gasteiger partial charge in [0.1, 0.15) is 0 Å². The van der Waals surface area contributed by atoms with E-state index in [2.05, 4.69) is 0 Å². The third-order valence-electron chi connectivity index (χ3n) is 2.22. The molecule has 0 spiro atoms. The molecule has 15 heavy (non-hydrogen) atoms.